The molecule has 0 aliphatic carbocycles. The summed E-state index contributed by atoms with van der Waals surface area (Å²) in [5, 5.41) is 0. The summed E-state index contributed by atoms with van der Waals surface area (Å²) in [6.45, 7) is 11.0. The molecule has 0 aromatic rings. The first-order valence-electron chi connectivity index (χ1n) is 6.56. The Morgan fingerprint density at radius 1 is 0.895 bits per heavy atom. The van der Waals surface area contributed by atoms with E-state index in [1.54, 1.807) is 27.7 Å². The van der Waals surface area contributed by atoms with E-state index in [-0.39, 0.29) is 0 Å². The Bertz CT molecular complexity index is 277. The molecule has 0 radical (unpaired) electrons. The molecule has 0 saturated carbocycles. The lowest BCUT2D eigenvalue weighted by molar-refractivity contribution is -0.201. The van der Waals surface area contributed by atoms with Crippen molar-refractivity contribution in [3.05, 3.63) is 0 Å². The molecule has 0 spiro atoms. The summed E-state index contributed by atoms with van der Waals surface area (Å²) < 4.78 is 32.7. The lowest BCUT2D eigenvalue weighted by Gasteiger charge is -2.31. The Morgan fingerprint density at radius 3 is 1.47 bits per heavy atom. The molecule has 1 N–H and O–H groups in total. The van der Waals surface area contributed by atoms with E-state index in [2.05, 4.69) is 0 Å². The third-order valence-electron chi connectivity index (χ3n) is 1.98. The van der Waals surface area contributed by atoms with Gasteiger partial charge in [0, 0.05) is 13.2 Å². The first-order valence-corrected chi connectivity index (χ1v) is 8.05. The zero-order valence-corrected chi connectivity index (χ0v) is 13.7. The van der Waals surface area contributed by atoms with E-state index >= 15 is 0 Å². The lowest BCUT2D eigenvalue weighted by Crippen LogP contribution is -2.32. The first kappa shape index (κ1) is 19.0. The van der Waals surface area contributed by atoms with Crippen LogP contribution in [-0.4, -0.2) is 29.7 Å². The highest BCUT2D eigenvalue weighted by atomic mass is 31.2. The monoisotopic (exact) mass is 298 g/mol. The van der Waals surface area contributed by atoms with Crippen molar-refractivity contribution in [2.45, 2.75) is 66.0 Å². The Kier molecular flexibility index (Phi) is 7.73. The van der Waals surface area contributed by atoms with Gasteiger partial charge in [-0.2, -0.15) is 0 Å². The van der Waals surface area contributed by atoms with Gasteiger partial charge >= 0.3 is 7.82 Å². The number of phosphoric ester groups is 1. The summed E-state index contributed by atoms with van der Waals surface area (Å²) in [4.78, 5) is 9.74. The van der Waals surface area contributed by atoms with E-state index in [1.807, 2.05) is 13.8 Å². The Labute approximate surface area is 116 Å². The largest absolute Gasteiger partial charge is 0.477 e. The van der Waals surface area contributed by atoms with Gasteiger partial charge in [0.1, 0.15) is 0 Å². The summed E-state index contributed by atoms with van der Waals surface area (Å²) in [7, 11) is -4.27. The Morgan fingerprint density at radius 2 is 1.21 bits per heavy atom. The molecular formula is C12H27O6P. The fourth-order valence-electron chi connectivity index (χ4n) is 1.32. The highest BCUT2D eigenvalue weighted by Crippen LogP contribution is 2.50. The number of ether oxygens (including phenoxy) is 2. The predicted octanol–water partition coefficient (Wildman–Crippen LogP) is 3.45. The average Bonchev–Trinajstić information content (AvgIpc) is 2.20. The van der Waals surface area contributed by atoms with Crippen molar-refractivity contribution < 1.29 is 28.0 Å². The summed E-state index contributed by atoms with van der Waals surface area (Å²) >= 11 is 0. The molecule has 6 nitrogen and oxygen atoms in total. The summed E-state index contributed by atoms with van der Waals surface area (Å²) in [5.41, 5.74) is 0. The van der Waals surface area contributed by atoms with Crippen molar-refractivity contribution in [2.24, 2.45) is 0 Å². The van der Waals surface area contributed by atoms with Crippen molar-refractivity contribution in [3.8, 4) is 0 Å². The normalized spacial score (nSPS) is 13.8. The molecule has 0 aromatic heterocycles. The van der Waals surface area contributed by atoms with Gasteiger partial charge in [-0.3, -0.25) is 9.05 Å². The number of hydrogen-bond donors (Lipinski definition) is 1. The molecule has 0 aliphatic rings. The molecule has 116 valence electrons. The minimum Gasteiger partial charge on any atom is -0.350 e. The second-order valence-electron chi connectivity index (χ2n) is 5.15. The number of phosphoric acid groups is 1. The maximum atomic E-state index is 11.9. The van der Waals surface area contributed by atoms with Gasteiger partial charge in [-0.15, -0.1) is 0 Å². The lowest BCUT2D eigenvalue weighted by atomic mass is 10.4. The van der Waals surface area contributed by atoms with Crippen LogP contribution in [0.1, 0.15) is 54.4 Å². The van der Waals surface area contributed by atoms with E-state index in [0.29, 0.717) is 13.2 Å². The molecule has 0 aromatic carbocycles. The van der Waals surface area contributed by atoms with Gasteiger partial charge < -0.3 is 14.4 Å². The minimum absolute atomic E-state index is 0.433. The van der Waals surface area contributed by atoms with Crippen LogP contribution in [0.15, 0.2) is 0 Å². The summed E-state index contributed by atoms with van der Waals surface area (Å²) in [6, 6.07) is 0. The molecule has 0 atom stereocenters. The van der Waals surface area contributed by atoms with Crippen LogP contribution in [0.25, 0.3) is 0 Å². The average molecular weight is 298 g/mol. The zero-order chi connectivity index (χ0) is 15.2. The predicted molar refractivity (Wildman–Crippen MR) is 72.6 cm³/mol. The van der Waals surface area contributed by atoms with Crippen molar-refractivity contribution in [1.82, 2.24) is 0 Å². The van der Waals surface area contributed by atoms with Crippen LogP contribution in [-0.2, 0) is 23.1 Å². The summed E-state index contributed by atoms with van der Waals surface area (Å²) in [5.74, 6) is -2.39. The van der Waals surface area contributed by atoms with Crippen molar-refractivity contribution in [2.75, 3.05) is 13.2 Å². The second kappa shape index (κ2) is 7.72. The molecule has 0 unspecified atom stereocenters. The van der Waals surface area contributed by atoms with Crippen molar-refractivity contribution in [1.29, 1.82) is 0 Å². The van der Waals surface area contributed by atoms with E-state index in [1.165, 1.54) is 0 Å². The van der Waals surface area contributed by atoms with E-state index in [9.17, 15) is 9.46 Å². The van der Waals surface area contributed by atoms with Gasteiger partial charge in [-0.1, -0.05) is 13.8 Å². The van der Waals surface area contributed by atoms with Gasteiger partial charge in [-0.05, 0) is 40.5 Å². The molecule has 0 aliphatic heterocycles. The van der Waals surface area contributed by atoms with E-state index < -0.39 is 19.4 Å². The van der Waals surface area contributed by atoms with Gasteiger partial charge in [0.05, 0.1) is 0 Å². The van der Waals surface area contributed by atoms with E-state index in [4.69, 9.17) is 18.5 Å². The van der Waals surface area contributed by atoms with Gasteiger partial charge in [0.25, 0.3) is 0 Å². The topological polar surface area (TPSA) is 74.2 Å². The highest BCUT2D eigenvalue weighted by molar-refractivity contribution is 7.47. The Hall–Kier alpha value is 0.0300. The Balaban J connectivity index is 4.49. The van der Waals surface area contributed by atoms with E-state index in [0.717, 1.165) is 12.8 Å². The molecule has 0 bridgehead atoms. The molecular weight excluding hydrogens is 271 g/mol. The van der Waals surface area contributed by atoms with Crippen LogP contribution < -0.4 is 0 Å². The smallest absolute Gasteiger partial charge is 0.350 e. The van der Waals surface area contributed by atoms with Crippen molar-refractivity contribution >= 4 is 7.82 Å². The van der Waals surface area contributed by atoms with Gasteiger partial charge in [-0.25, -0.2) is 4.57 Å². The SMILES string of the molecule is CCCOC(C)(C)OP(=O)(O)OC(C)(C)OCCC. The number of rotatable bonds is 10. The van der Waals surface area contributed by atoms with Crippen LogP contribution in [0.2, 0.25) is 0 Å². The first-order chi connectivity index (χ1) is 8.54. The van der Waals surface area contributed by atoms with Crippen LogP contribution in [0.4, 0.5) is 0 Å². The van der Waals surface area contributed by atoms with Crippen LogP contribution >= 0.6 is 7.82 Å². The third kappa shape index (κ3) is 9.55. The van der Waals surface area contributed by atoms with Crippen LogP contribution in [0.3, 0.4) is 0 Å². The fourth-order valence-corrected chi connectivity index (χ4v) is 2.58. The summed E-state index contributed by atoms with van der Waals surface area (Å²) in [6.07, 6.45) is 1.57. The maximum absolute atomic E-state index is 11.9. The molecule has 0 fully saturated rings. The highest BCUT2D eigenvalue weighted by Gasteiger charge is 2.38. The van der Waals surface area contributed by atoms with Crippen LogP contribution in [0.5, 0.6) is 0 Å². The van der Waals surface area contributed by atoms with Crippen LogP contribution in [0, 0.1) is 0 Å². The molecule has 0 rings (SSSR count). The molecule has 0 saturated heterocycles. The van der Waals surface area contributed by atoms with Gasteiger partial charge in [0.15, 0.2) is 11.6 Å². The third-order valence-corrected chi connectivity index (χ3v) is 3.32. The molecule has 0 heterocycles. The zero-order valence-electron chi connectivity index (χ0n) is 12.8. The number of hydrogen-bond acceptors (Lipinski definition) is 5. The second-order valence-corrected chi connectivity index (χ2v) is 6.45. The van der Waals surface area contributed by atoms with Gasteiger partial charge in [0.2, 0.25) is 0 Å². The molecule has 7 heteroatoms. The minimum atomic E-state index is -4.27. The maximum Gasteiger partial charge on any atom is 0.477 e. The standard InChI is InChI=1S/C12H27O6P/c1-7-9-15-11(3,4)17-19(13,14)18-12(5,6)16-10-8-2/h7-10H2,1-6H3,(H,13,14). The van der Waals surface area contributed by atoms with Crippen molar-refractivity contribution in [3.63, 3.8) is 0 Å². The fraction of sp³-hybridized carbons (Fsp3) is 1.00. The molecule has 19 heavy (non-hydrogen) atoms. The molecule has 0 amide bonds. The quantitative estimate of drug-likeness (QED) is 0.492.